The predicted molar refractivity (Wildman–Crippen MR) is 210 cm³/mol. The molecule has 0 aromatic carbocycles. The molecule has 0 spiro atoms. The summed E-state index contributed by atoms with van der Waals surface area (Å²) in [6.45, 7) is 4.02. The SMILES string of the molecule is CCCSc1nc(Cl)c(N)c(Cl)n1.CCCSc1nc(Cl)c(NC(=O)C(F)(F)F)c(Cl)n1.CI.O=C(OC(=O)C(F)(F)F)C(F)(F)F.[I][V]([I])[I]. The standard InChI is InChI=1S/C9H8Cl2F3N3OS.C7H9Cl2N3S.C4F6O3.CH3I.3HI.V/c1-2-3-19-8-16-5(10)4(6(11)17-8)15-7(18)9(12,13)14;1-2-3-13-7-11-5(8)4(10)6(9)12-7;5-3(6,7)1(11)13-2(12)4(8,9)10;1-2;;;;/h2-3H2,1H3,(H,15,18);2-3,10H2,1H3;;1H3;3*1H;/q;;;;;;;+3/p-3. The van der Waals surface area contributed by atoms with Crippen molar-refractivity contribution >= 4 is 182 Å². The van der Waals surface area contributed by atoms with Crippen LogP contribution in [-0.4, -0.2) is 72.7 Å². The van der Waals surface area contributed by atoms with Gasteiger partial charge < -0.3 is 15.8 Å². The maximum atomic E-state index is 12.1. The molecule has 0 radical (unpaired) electrons. The molecule has 0 atom stereocenters. The molecule has 0 unspecified atom stereocenters. The molecule has 2 rings (SSSR count). The molecule has 0 aliphatic heterocycles. The van der Waals surface area contributed by atoms with Crippen molar-refractivity contribution in [1.82, 2.24) is 19.9 Å². The van der Waals surface area contributed by atoms with Crippen molar-refractivity contribution in [2.45, 2.75) is 55.5 Å². The summed E-state index contributed by atoms with van der Waals surface area (Å²) in [6, 6.07) is 0. The van der Waals surface area contributed by atoms with Gasteiger partial charge in [0.15, 0.2) is 30.9 Å². The molecule has 2 aromatic rings. The number of carbonyl (C=O) groups is 3. The van der Waals surface area contributed by atoms with Crippen molar-refractivity contribution in [2.24, 2.45) is 0 Å². The van der Waals surface area contributed by atoms with Crippen LogP contribution in [0.15, 0.2) is 10.3 Å². The van der Waals surface area contributed by atoms with Crippen molar-refractivity contribution in [3.8, 4) is 0 Å². The molecule has 0 bridgehead atoms. The van der Waals surface area contributed by atoms with E-state index in [9.17, 15) is 53.9 Å². The van der Waals surface area contributed by atoms with Crippen LogP contribution in [-0.2, 0) is 24.0 Å². The first kappa shape index (κ1) is 56.6. The van der Waals surface area contributed by atoms with E-state index in [1.807, 2.05) is 11.9 Å². The van der Waals surface area contributed by atoms with Crippen LogP contribution in [0.25, 0.3) is 0 Å². The van der Waals surface area contributed by atoms with Gasteiger partial charge in [0.2, 0.25) is 0 Å². The molecule has 1 amide bonds. The van der Waals surface area contributed by atoms with Crippen LogP contribution in [0.4, 0.5) is 50.9 Å². The number of esters is 2. The van der Waals surface area contributed by atoms with E-state index in [0.29, 0.717) is 10.9 Å². The minimum atomic E-state index is -5.62. The molecule has 30 heteroatoms. The third kappa shape index (κ3) is 27.5. The first-order valence-electron chi connectivity index (χ1n) is 12.1. The molecule has 10 nitrogen and oxygen atoms in total. The van der Waals surface area contributed by atoms with E-state index in [1.54, 1.807) is 0 Å². The number of carbonyl (C=O) groups excluding carboxylic acids is 3. The Balaban J connectivity index is -0.000000641. The number of nitrogens with zero attached hydrogens (tertiary/aromatic N) is 4. The maximum absolute atomic E-state index is 12.1. The van der Waals surface area contributed by atoms with Crippen molar-refractivity contribution in [1.29, 1.82) is 0 Å². The van der Waals surface area contributed by atoms with Gasteiger partial charge >= 0.3 is 101 Å². The molecular weight excluding hydrogens is 1340 g/mol. The number of hydrogen-bond acceptors (Lipinski definition) is 11. The van der Waals surface area contributed by atoms with Crippen molar-refractivity contribution < 1.29 is 63.6 Å². The van der Waals surface area contributed by atoms with E-state index in [2.05, 4.69) is 114 Å². The van der Waals surface area contributed by atoms with E-state index < -0.39 is 42.1 Å². The molecule has 2 heterocycles. The number of nitrogen functional groups attached to an aromatic ring is 1. The third-order valence-corrected chi connectivity index (χ3v) is 6.88. The summed E-state index contributed by atoms with van der Waals surface area (Å²) >= 11 is 35.1. The van der Waals surface area contributed by atoms with Crippen molar-refractivity contribution in [3.63, 3.8) is 0 Å². The monoisotopic (exact) mass is 1350 g/mol. The van der Waals surface area contributed by atoms with Gasteiger partial charge in [0.05, 0.1) is 0 Å². The van der Waals surface area contributed by atoms with Crippen molar-refractivity contribution in [2.75, 3.05) is 27.5 Å². The van der Waals surface area contributed by atoms with Crippen LogP contribution in [0.2, 0.25) is 20.6 Å². The van der Waals surface area contributed by atoms with Gasteiger partial charge in [-0.25, -0.2) is 29.5 Å². The zero-order valence-electron chi connectivity index (χ0n) is 25.0. The summed E-state index contributed by atoms with van der Waals surface area (Å²) in [5.41, 5.74) is 5.27. The number of anilines is 2. The number of ether oxygens (including phenoxy) is 1. The number of nitrogens with two attached hydrogens (primary N) is 1. The van der Waals surface area contributed by atoms with E-state index in [4.69, 9.17) is 52.1 Å². The first-order chi connectivity index (χ1) is 23.2. The van der Waals surface area contributed by atoms with Crippen molar-refractivity contribution in [3.05, 3.63) is 20.6 Å². The number of amides is 1. The van der Waals surface area contributed by atoms with Crippen LogP contribution >= 0.6 is 152 Å². The number of aromatic nitrogens is 4. The number of halogens is 17. The van der Waals surface area contributed by atoms with Gasteiger partial charge in [-0.05, 0) is 17.8 Å². The molecule has 0 saturated heterocycles. The molecular formula is C21H20Cl4F9I4N6O4S2V. The summed E-state index contributed by atoms with van der Waals surface area (Å²) in [4.78, 5) is 47.3. The molecule has 294 valence electrons. The molecule has 0 fully saturated rings. The van der Waals surface area contributed by atoms with Gasteiger partial charge in [-0.1, -0.05) is 106 Å². The van der Waals surface area contributed by atoms with Crippen LogP contribution in [0, 0.1) is 0 Å². The van der Waals surface area contributed by atoms with Crippen LogP contribution in [0.3, 0.4) is 0 Å². The Labute approximate surface area is 364 Å². The van der Waals surface area contributed by atoms with Crippen LogP contribution in [0.5, 0.6) is 0 Å². The zero-order chi connectivity index (χ0) is 40.9. The number of rotatable bonds is 7. The fourth-order valence-corrected chi connectivity index (χ4v) is 4.26. The Morgan fingerprint density at radius 2 is 1.00 bits per heavy atom. The molecule has 0 aliphatic rings. The third-order valence-electron chi connectivity index (χ3n) is 3.65. The molecule has 0 aliphatic carbocycles. The first-order valence-corrected chi connectivity index (χ1v) is 31.2. The van der Waals surface area contributed by atoms with Crippen LogP contribution < -0.4 is 11.1 Å². The second kappa shape index (κ2) is 28.7. The normalized spacial score (nSPS) is 10.9. The predicted octanol–water partition coefficient (Wildman–Crippen LogP) is 11.5. The molecule has 3 N–H and O–H groups in total. The topological polar surface area (TPSA) is 150 Å². The van der Waals surface area contributed by atoms with Gasteiger partial charge in [-0.3, -0.25) is 4.79 Å². The number of hydrogen-bond donors (Lipinski definition) is 2. The van der Waals surface area contributed by atoms with Gasteiger partial charge in [-0.2, -0.15) is 39.5 Å². The molecule has 2 aromatic heterocycles. The zero-order valence-corrected chi connectivity index (χ0v) is 39.7. The Hall–Kier alpha value is 1.30. The Bertz CT molecular complexity index is 1340. The fourth-order valence-electron chi connectivity index (χ4n) is 1.79. The Kier molecular flexibility index (Phi) is 31.8. The van der Waals surface area contributed by atoms with Crippen LogP contribution in [0.1, 0.15) is 26.7 Å². The van der Waals surface area contributed by atoms with Gasteiger partial charge in [0.1, 0.15) is 11.4 Å². The quantitative estimate of drug-likeness (QED) is 0.0399. The van der Waals surface area contributed by atoms with Gasteiger partial charge in [0, 0.05) is 11.5 Å². The van der Waals surface area contributed by atoms with E-state index in [1.165, 1.54) is 28.8 Å². The van der Waals surface area contributed by atoms with E-state index in [0.717, 1.165) is 18.6 Å². The summed E-state index contributed by atoms with van der Waals surface area (Å²) in [7, 11) is 0. The molecule has 51 heavy (non-hydrogen) atoms. The second-order valence-corrected chi connectivity index (χ2v) is 46.4. The summed E-state index contributed by atoms with van der Waals surface area (Å²) < 4.78 is 106. The van der Waals surface area contributed by atoms with Gasteiger partial charge in [0.25, 0.3) is 0 Å². The minimum absolute atomic E-state index is 0.221. The average Bonchev–Trinajstić information content (AvgIpc) is 2.99. The number of alkyl halides is 10. The Morgan fingerprint density at radius 3 is 1.25 bits per heavy atom. The summed E-state index contributed by atoms with van der Waals surface area (Å²) in [5.74, 6) is -6.93. The Morgan fingerprint density at radius 1 is 0.706 bits per heavy atom. The second-order valence-electron chi connectivity index (χ2n) is 7.48. The summed E-state index contributed by atoms with van der Waals surface area (Å²) in [5, 5.41) is 2.12. The van der Waals surface area contributed by atoms with E-state index >= 15 is 0 Å². The van der Waals surface area contributed by atoms with E-state index in [-0.39, 0.29) is 36.4 Å². The number of nitrogens with one attached hydrogen (secondary N) is 1. The van der Waals surface area contributed by atoms with Gasteiger partial charge in [-0.15, -0.1) is 0 Å². The summed E-state index contributed by atoms with van der Waals surface area (Å²) in [6.07, 6.45) is -14.4. The fraction of sp³-hybridized carbons (Fsp3) is 0.476. The number of thioether (sulfide) groups is 2. The average molecular weight is 1360 g/mol. The molecule has 0 saturated carbocycles.